The summed E-state index contributed by atoms with van der Waals surface area (Å²) in [6.45, 7) is 3.06. The predicted octanol–water partition coefficient (Wildman–Crippen LogP) is 5.04. The molecule has 1 aliphatic rings. The van der Waals surface area contributed by atoms with Crippen molar-refractivity contribution in [2.75, 3.05) is 6.54 Å². The van der Waals surface area contributed by atoms with Gasteiger partial charge in [-0.25, -0.2) is 4.98 Å². The highest BCUT2D eigenvalue weighted by Gasteiger charge is 2.15. The minimum atomic E-state index is 0.0203. The van der Waals surface area contributed by atoms with Crippen molar-refractivity contribution in [2.45, 2.75) is 56.5 Å². The number of aryl methyl sites for hydroxylation is 1. The predicted molar refractivity (Wildman–Crippen MR) is 122 cm³/mol. The molecule has 5 nitrogen and oxygen atoms in total. The third-order valence-corrected chi connectivity index (χ3v) is 6.47. The number of allylic oxidation sites excluding steroid dienone is 1. The Kier molecular flexibility index (Phi) is 6.84. The zero-order valence-corrected chi connectivity index (χ0v) is 18.3. The molecule has 2 aromatic heterocycles. The van der Waals surface area contributed by atoms with E-state index in [9.17, 15) is 4.79 Å². The number of aromatic nitrogens is 3. The maximum absolute atomic E-state index is 12.7. The number of pyridine rings is 1. The van der Waals surface area contributed by atoms with Crippen LogP contribution < -0.4 is 5.32 Å². The lowest BCUT2D eigenvalue weighted by Crippen LogP contribution is -2.29. The van der Waals surface area contributed by atoms with Gasteiger partial charge in [-0.2, -0.15) is 0 Å². The van der Waals surface area contributed by atoms with E-state index in [0.717, 1.165) is 28.4 Å². The van der Waals surface area contributed by atoms with Crippen molar-refractivity contribution in [1.82, 2.24) is 19.9 Å². The van der Waals surface area contributed by atoms with E-state index in [-0.39, 0.29) is 12.5 Å². The highest BCUT2D eigenvalue weighted by atomic mass is 32.2. The normalized spacial score (nSPS) is 14.0. The van der Waals surface area contributed by atoms with Crippen LogP contribution in [0.15, 0.2) is 59.5 Å². The number of nitrogens with one attached hydrogen (secondary N) is 1. The van der Waals surface area contributed by atoms with Crippen LogP contribution in [-0.2, 0) is 17.1 Å². The second-order valence-corrected chi connectivity index (χ2v) is 8.77. The number of amides is 1. The number of hydrogen-bond acceptors (Lipinski definition) is 4. The Morgan fingerprint density at radius 3 is 3.03 bits per heavy atom. The number of benzene rings is 1. The molecule has 0 fully saturated rings. The highest BCUT2D eigenvalue weighted by Crippen LogP contribution is 2.26. The Morgan fingerprint density at radius 2 is 2.20 bits per heavy atom. The van der Waals surface area contributed by atoms with Gasteiger partial charge in [0, 0.05) is 18.5 Å². The van der Waals surface area contributed by atoms with Crippen LogP contribution in [-0.4, -0.2) is 27.0 Å². The van der Waals surface area contributed by atoms with E-state index in [0.29, 0.717) is 6.54 Å². The number of imidazole rings is 1. The summed E-state index contributed by atoms with van der Waals surface area (Å²) in [6.07, 6.45) is 11.7. The van der Waals surface area contributed by atoms with Gasteiger partial charge in [-0.15, -0.1) is 0 Å². The summed E-state index contributed by atoms with van der Waals surface area (Å²) in [5.74, 6) is 0.834. The largest absolute Gasteiger partial charge is 0.354 e. The van der Waals surface area contributed by atoms with Crippen LogP contribution in [0.1, 0.15) is 43.2 Å². The Balaban J connectivity index is 1.43. The topological polar surface area (TPSA) is 59.8 Å². The summed E-state index contributed by atoms with van der Waals surface area (Å²) in [5, 5.41) is 3.93. The lowest BCUT2D eigenvalue weighted by Gasteiger charge is -2.13. The van der Waals surface area contributed by atoms with E-state index >= 15 is 0 Å². The first-order chi connectivity index (χ1) is 14.7. The molecule has 1 N–H and O–H groups in total. The molecule has 0 spiro atoms. The first kappa shape index (κ1) is 20.7. The number of rotatable bonds is 8. The lowest BCUT2D eigenvalue weighted by molar-refractivity contribution is -0.121. The molecule has 6 heteroatoms. The van der Waals surface area contributed by atoms with E-state index in [4.69, 9.17) is 4.98 Å². The van der Waals surface area contributed by atoms with E-state index in [1.165, 1.54) is 42.4 Å². The Hall–Kier alpha value is -2.60. The fourth-order valence-electron chi connectivity index (χ4n) is 3.85. The van der Waals surface area contributed by atoms with Gasteiger partial charge >= 0.3 is 0 Å². The quantitative estimate of drug-likeness (QED) is 0.410. The molecule has 30 heavy (non-hydrogen) atoms. The molecule has 4 rings (SSSR count). The minimum Gasteiger partial charge on any atom is -0.354 e. The van der Waals surface area contributed by atoms with Crippen LogP contribution >= 0.6 is 11.8 Å². The molecule has 0 saturated heterocycles. The maximum atomic E-state index is 12.7. The Labute approximate surface area is 182 Å². The van der Waals surface area contributed by atoms with Gasteiger partial charge in [0.2, 0.25) is 5.91 Å². The second kappa shape index (κ2) is 9.94. The van der Waals surface area contributed by atoms with Crippen molar-refractivity contribution >= 4 is 28.7 Å². The summed E-state index contributed by atoms with van der Waals surface area (Å²) in [4.78, 5) is 21.6. The SMILES string of the molecule is Cc1cccc(CSc2nc3ccncc3n2CC(=O)NCCC2=CCCCC2)c1. The number of carbonyl (C=O) groups excluding carboxylic acids is 1. The molecular formula is C24H28N4OS. The first-order valence-electron chi connectivity index (χ1n) is 10.6. The van der Waals surface area contributed by atoms with Crippen LogP contribution in [0.3, 0.4) is 0 Å². The van der Waals surface area contributed by atoms with E-state index in [1.54, 1.807) is 24.2 Å². The standard InChI is InChI=1S/C24H28N4OS/c1-18-6-5-9-20(14-18)17-30-24-27-21-11-12-25-15-22(21)28(24)16-23(29)26-13-10-19-7-3-2-4-8-19/h5-7,9,11-12,14-15H,2-4,8,10,13,16-17H2,1H3,(H,26,29). The molecule has 3 aromatic rings. The summed E-state index contributed by atoms with van der Waals surface area (Å²) < 4.78 is 1.98. The van der Waals surface area contributed by atoms with Gasteiger partial charge in [0.05, 0.1) is 17.2 Å². The molecule has 2 heterocycles. The summed E-state index contributed by atoms with van der Waals surface area (Å²) in [7, 11) is 0. The van der Waals surface area contributed by atoms with Crippen LogP contribution in [0, 0.1) is 6.92 Å². The molecule has 1 aromatic carbocycles. The van der Waals surface area contributed by atoms with Gasteiger partial charge in [0.1, 0.15) is 6.54 Å². The van der Waals surface area contributed by atoms with Gasteiger partial charge in [-0.05, 0) is 50.7 Å². The van der Waals surface area contributed by atoms with Crippen molar-refractivity contribution in [2.24, 2.45) is 0 Å². The average molecular weight is 421 g/mol. The van der Waals surface area contributed by atoms with Crippen LogP contribution in [0.4, 0.5) is 0 Å². The summed E-state index contributed by atoms with van der Waals surface area (Å²) >= 11 is 1.66. The Morgan fingerprint density at radius 1 is 1.27 bits per heavy atom. The minimum absolute atomic E-state index is 0.0203. The maximum Gasteiger partial charge on any atom is 0.240 e. The average Bonchev–Trinajstić information content (AvgIpc) is 3.10. The Bertz CT molecular complexity index is 1060. The zero-order valence-electron chi connectivity index (χ0n) is 17.4. The van der Waals surface area contributed by atoms with Crippen molar-refractivity contribution in [1.29, 1.82) is 0 Å². The molecule has 0 aliphatic heterocycles. The summed E-state index contributed by atoms with van der Waals surface area (Å²) in [5.41, 5.74) is 5.75. The third kappa shape index (κ3) is 5.30. The zero-order chi connectivity index (χ0) is 20.8. The van der Waals surface area contributed by atoms with Gasteiger partial charge < -0.3 is 9.88 Å². The molecule has 0 unspecified atom stereocenters. The number of fused-ring (bicyclic) bond motifs is 1. The summed E-state index contributed by atoms with van der Waals surface area (Å²) in [6, 6.07) is 10.4. The third-order valence-electron chi connectivity index (χ3n) is 5.42. The monoisotopic (exact) mass is 420 g/mol. The number of hydrogen-bond donors (Lipinski definition) is 1. The second-order valence-electron chi connectivity index (χ2n) is 7.83. The van der Waals surface area contributed by atoms with Gasteiger partial charge in [0.15, 0.2) is 5.16 Å². The van der Waals surface area contributed by atoms with Crippen molar-refractivity contribution < 1.29 is 4.79 Å². The van der Waals surface area contributed by atoms with Crippen LogP contribution in [0.2, 0.25) is 0 Å². The highest BCUT2D eigenvalue weighted by molar-refractivity contribution is 7.98. The molecule has 156 valence electrons. The van der Waals surface area contributed by atoms with Crippen molar-refractivity contribution in [3.63, 3.8) is 0 Å². The van der Waals surface area contributed by atoms with Gasteiger partial charge in [-0.1, -0.05) is 53.2 Å². The van der Waals surface area contributed by atoms with Crippen molar-refractivity contribution in [3.8, 4) is 0 Å². The molecule has 0 saturated carbocycles. The van der Waals surface area contributed by atoms with Gasteiger partial charge in [0.25, 0.3) is 0 Å². The number of nitrogens with zero attached hydrogens (tertiary/aromatic N) is 3. The van der Waals surface area contributed by atoms with E-state index in [2.05, 4.69) is 47.6 Å². The lowest BCUT2D eigenvalue weighted by atomic mass is 9.97. The first-order valence-corrected chi connectivity index (χ1v) is 11.6. The van der Waals surface area contributed by atoms with Crippen LogP contribution in [0.5, 0.6) is 0 Å². The smallest absolute Gasteiger partial charge is 0.240 e. The van der Waals surface area contributed by atoms with E-state index in [1.807, 2.05) is 10.6 Å². The molecule has 0 radical (unpaired) electrons. The van der Waals surface area contributed by atoms with Crippen molar-refractivity contribution in [3.05, 3.63) is 65.5 Å². The van der Waals surface area contributed by atoms with Gasteiger partial charge in [-0.3, -0.25) is 9.78 Å². The molecule has 0 atom stereocenters. The molecule has 1 amide bonds. The fraction of sp³-hybridized carbons (Fsp3) is 0.375. The number of thioether (sulfide) groups is 1. The fourth-order valence-corrected chi connectivity index (χ4v) is 4.81. The van der Waals surface area contributed by atoms with E-state index < -0.39 is 0 Å². The van der Waals surface area contributed by atoms with Crippen LogP contribution in [0.25, 0.3) is 11.0 Å². The molecular weight excluding hydrogens is 392 g/mol. The molecule has 1 aliphatic carbocycles. The molecule has 0 bridgehead atoms. The number of carbonyl (C=O) groups is 1.